The van der Waals surface area contributed by atoms with Crippen molar-refractivity contribution in [1.82, 2.24) is 15.5 Å². The Morgan fingerprint density at radius 2 is 1.77 bits per heavy atom. The zero-order valence-corrected chi connectivity index (χ0v) is 19.1. The van der Waals surface area contributed by atoms with Gasteiger partial charge in [0.05, 0.1) is 17.2 Å². The number of hydrogen-bond acceptors (Lipinski definition) is 6. The average molecular weight is 429 g/mol. The molecule has 1 aliphatic heterocycles. The fraction of sp³-hybridized carbons (Fsp3) is 0.591. The quantitative estimate of drug-likeness (QED) is 0.734. The second-order valence-electron chi connectivity index (χ2n) is 10.00. The third-order valence-electron chi connectivity index (χ3n) is 6.87. The predicted octanol–water partition coefficient (Wildman–Crippen LogP) is 3.36. The second-order valence-corrected chi connectivity index (χ2v) is 10.00. The van der Waals surface area contributed by atoms with Crippen LogP contribution in [0.25, 0.3) is 0 Å². The van der Waals surface area contributed by atoms with E-state index in [9.17, 15) is 4.79 Å². The predicted molar refractivity (Wildman–Crippen MR) is 114 cm³/mol. The molecule has 1 N–H and O–H groups in total. The van der Waals surface area contributed by atoms with Gasteiger partial charge < -0.3 is 19.1 Å². The van der Waals surface area contributed by atoms with Gasteiger partial charge in [-0.25, -0.2) is 4.39 Å². The Hall–Kier alpha value is -2.26. The van der Waals surface area contributed by atoms with Gasteiger partial charge in [-0.05, 0) is 71.6 Å². The molecule has 1 aliphatic carbocycles. The monoisotopic (exact) mass is 429 g/mol. The minimum atomic E-state index is -0.789. The molecule has 0 spiro atoms. The number of aromatic nitrogens is 2. The molecule has 1 aromatic heterocycles. The lowest BCUT2D eigenvalue weighted by Crippen LogP contribution is -2.41. The number of rotatable bonds is 5. The summed E-state index contributed by atoms with van der Waals surface area (Å²) in [6.45, 7) is 13.4. The molecule has 31 heavy (non-hydrogen) atoms. The molecule has 2 fully saturated rings. The normalized spacial score (nSPS) is 21.7. The molecule has 0 bridgehead atoms. The molecular formula is C22H29BFN3O4. The number of halogens is 1. The SMILES string of the molecule is Cc1cc(B2OC(C)(C)C(C)(C)O2)c(F)cc1[C@@H](C)NC(=O)c1nc(C2(C)CC2)no1. The molecule has 9 heteroatoms. The summed E-state index contributed by atoms with van der Waals surface area (Å²) in [7, 11) is -0.789. The lowest BCUT2D eigenvalue weighted by Gasteiger charge is -2.32. The van der Waals surface area contributed by atoms with E-state index >= 15 is 4.39 Å². The van der Waals surface area contributed by atoms with Gasteiger partial charge in [-0.1, -0.05) is 18.1 Å². The van der Waals surface area contributed by atoms with Crippen LogP contribution in [0.2, 0.25) is 0 Å². The third-order valence-corrected chi connectivity index (χ3v) is 6.87. The van der Waals surface area contributed by atoms with Gasteiger partial charge in [0.25, 0.3) is 0 Å². The lowest BCUT2D eigenvalue weighted by atomic mass is 9.77. The van der Waals surface area contributed by atoms with Crippen LogP contribution in [0.3, 0.4) is 0 Å². The topological polar surface area (TPSA) is 86.5 Å². The smallest absolute Gasteiger partial charge is 0.399 e. The highest BCUT2D eigenvalue weighted by molar-refractivity contribution is 6.62. The first-order valence-electron chi connectivity index (χ1n) is 10.6. The van der Waals surface area contributed by atoms with Gasteiger partial charge in [-0.3, -0.25) is 4.79 Å². The highest BCUT2D eigenvalue weighted by Crippen LogP contribution is 2.46. The summed E-state index contributed by atoms with van der Waals surface area (Å²) in [4.78, 5) is 16.8. The van der Waals surface area contributed by atoms with E-state index in [0.717, 1.165) is 18.4 Å². The number of carbonyl (C=O) groups excluding carboxylic acids is 1. The van der Waals surface area contributed by atoms with Crippen LogP contribution in [0, 0.1) is 12.7 Å². The van der Waals surface area contributed by atoms with Gasteiger partial charge in [-0.2, -0.15) is 4.98 Å². The molecule has 1 amide bonds. The lowest BCUT2D eigenvalue weighted by molar-refractivity contribution is 0.00578. The van der Waals surface area contributed by atoms with Crippen molar-refractivity contribution < 1.29 is 23.0 Å². The van der Waals surface area contributed by atoms with E-state index in [4.69, 9.17) is 13.8 Å². The number of aryl methyl sites for hydroxylation is 1. The first-order chi connectivity index (χ1) is 14.3. The summed E-state index contributed by atoms with van der Waals surface area (Å²) in [6, 6.07) is 2.68. The Morgan fingerprint density at radius 1 is 1.16 bits per heavy atom. The van der Waals surface area contributed by atoms with Crippen LogP contribution in [0.1, 0.15) is 88.1 Å². The van der Waals surface area contributed by atoms with E-state index in [-0.39, 0.29) is 11.3 Å². The molecule has 1 aromatic carbocycles. The van der Waals surface area contributed by atoms with Crippen molar-refractivity contribution in [2.24, 2.45) is 0 Å². The Labute approximate surface area is 182 Å². The van der Waals surface area contributed by atoms with Crippen molar-refractivity contribution >= 4 is 18.5 Å². The summed E-state index contributed by atoms with van der Waals surface area (Å²) in [5, 5.41) is 6.74. The van der Waals surface area contributed by atoms with Crippen molar-refractivity contribution in [1.29, 1.82) is 0 Å². The zero-order valence-electron chi connectivity index (χ0n) is 19.1. The van der Waals surface area contributed by atoms with Gasteiger partial charge in [0, 0.05) is 10.9 Å². The summed E-state index contributed by atoms with van der Waals surface area (Å²) in [6.07, 6.45) is 1.97. The number of nitrogens with one attached hydrogen (secondary N) is 1. The van der Waals surface area contributed by atoms with Crippen LogP contribution < -0.4 is 10.8 Å². The Balaban J connectivity index is 1.50. The third kappa shape index (κ3) is 3.89. The molecule has 4 rings (SSSR count). The number of carbonyl (C=O) groups is 1. The molecule has 2 heterocycles. The molecule has 1 saturated carbocycles. The summed E-state index contributed by atoms with van der Waals surface area (Å²) in [5.41, 5.74) is 0.612. The van der Waals surface area contributed by atoms with Crippen LogP contribution in [0.4, 0.5) is 4.39 Å². The van der Waals surface area contributed by atoms with Crippen LogP contribution >= 0.6 is 0 Å². The maximum absolute atomic E-state index is 15.0. The van der Waals surface area contributed by atoms with Crippen LogP contribution in [0.15, 0.2) is 16.7 Å². The number of benzene rings is 1. The molecule has 7 nitrogen and oxygen atoms in total. The Kier molecular flexibility index (Phi) is 5.05. The molecule has 0 unspecified atom stereocenters. The van der Waals surface area contributed by atoms with Crippen LogP contribution in [-0.4, -0.2) is 34.4 Å². The van der Waals surface area contributed by atoms with Crippen molar-refractivity contribution in [2.75, 3.05) is 0 Å². The summed E-state index contributed by atoms with van der Waals surface area (Å²) >= 11 is 0. The van der Waals surface area contributed by atoms with E-state index in [2.05, 4.69) is 15.5 Å². The standard InChI is InChI=1S/C22H29BFN3O4/c1-12-10-15(23-30-20(3,4)21(5,6)31-23)16(24)11-14(12)13(2)25-17(28)18-26-19(27-29-18)22(7)8-9-22/h10-11,13H,8-9H2,1-7H3,(H,25,28)/t13-/m1/s1. The Bertz CT molecular complexity index is 1020. The second kappa shape index (κ2) is 7.13. The summed E-state index contributed by atoms with van der Waals surface area (Å²) in [5.74, 6) is -0.450. The van der Waals surface area contributed by atoms with Crippen molar-refractivity contribution in [3.63, 3.8) is 0 Å². The molecule has 1 saturated heterocycles. The van der Waals surface area contributed by atoms with Gasteiger partial charge in [0.1, 0.15) is 5.82 Å². The van der Waals surface area contributed by atoms with Crippen molar-refractivity contribution in [3.8, 4) is 0 Å². The van der Waals surface area contributed by atoms with Gasteiger partial charge in [0.15, 0.2) is 5.82 Å². The average Bonchev–Trinajstić information content (AvgIpc) is 3.12. The van der Waals surface area contributed by atoms with Gasteiger partial charge in [-0.15, -0.1) is 0 Å². The van der Waals surface area contributed by atoms with E-state index in [1.54, 1.807) is 13.0 Å². The molecular weight excluding hydrogens is 400 g/mol. The van der Waals surface area contributed by atoms with Crippen LogP contribution in [0.5, 0.6) is 0 Å². The van der Waals surface area contributed by atoms with Crippen LogP contribution in [-0.2, 0) is 14.7 Å². The highest BCUT2D eigenvalue weighted by Gasteiger charge is 2.52. The summed E-state index contributed by atoms with van der Waals surface area (Å²) < 4.78 is 32.1. The molecule has 0 radical (unpaired) electrons. The number of hydrogen-bond donors (Lipinski definition) is 1. The molecule has 1 atom stereocenters. The Morgan fingerprint density at radius 3 is 2.35 bits per heavy atom. The minimum absolute atomic E-state index is 0.0815. The van der Waals surface area contributed by atoms with Crippen molar-refractivity contribution in [3.05, 3.63) is 40.8 Å². The van der Waals surface area contributed by atoms with E-state index in [1.165, 1.54) is 6.07 Å². The molecule has 2 aromatic rings. The fourth-order valence-corrected chi connectivity index (χ4v) is 3.64. The first-order valence-corrected chi connectivity index (χ1v) is 10.6. The maximum atomic E-state index is 15.0. The number of amides is 1. The van der Waals surface area contributed by atoms with Crippen molar-refractivity contribution in [2.45, 2.75) is 84.0 Å². The van der Waals surface area contributed by atoms with Gasteiger partial charge >= 0.3 is 18.9 Å². The highest BCUT2D eigenvalue weighted by atomic mass is 19.1. The van der Waals surface area contributed by atoms with E-state index in [1.807, 2.05) is 41.5 Å². The number of nitrogens with zero attached hydrogens (tertiary/aromatic N) is 2. The minimum Gasteiger partial charge on any atom is -0.399 e. The molecule has 2 aliphatic rings. The first kappa shape index (κ1) is 22.0. The maximum Gasteiger partial charge on any atom is 0.497 e. The van der Waals surface area contributed by atoms with E-state index < -0.39 is 36.1 Å². The van der Waals surface area contributed by atoms with E-state index in [0.29, 0.717) is 16.9 Å². The zero-order chi connectivity index (χ0) is 22.8. The van der Waals surface area contributed by atoms with Gasteiger partial charge in [0.2, 0.25) is 0 Å². The fourth-order valence-electron chi connectivity index (χ4n) is 3.64. The molecule has 166 valence electrons. The largest absolute Gasteiger partial charge is 0.497 e.